The van der Waals surface area contributed by atoms with Crippen LogP contribution in [-0.2, 0) is 4.74 Å². The van der Waals surface area contributed by atoms with Gasteiger partial charge < -0.3 is 10.5 Å². The molecule has 18 heavy (non-hydrogen) atoms. The van der Waals surface area contributed by atoms with E-state index in [9.17, 15) is 4.39 Å². The lowest BCUT2D eigenvalue weighted by Gasteiger charge is -2.30. The van der Waals surface area contributed by atoms with Crippen molar-refractivity contribution in [2.45, 2.75) is 13.0 Å². The maximum atomic E-state index is 13.2. The van der Waals surface area contributed by atoms with E-state index in [4.69, 9.17) is 22.1 Å². The van der Waals surface area contributed by atoms with Crippen LogP contribution in [0.1, 0.15) is 18.5 Å². The van der Waals surface area contributed by atoms with Crippen LogP contribution < -0.4 is 5.73 Å². The van der Waals surface area contributed by atoms with E-state index in [1.165, 1.54) is 6.07 Å². The first-order valence-corrected chi connectivity index (χ1v) is 6.39. The van der Waals surface area contributed by atoms with Gasteiger partial charge in [0.25, 0.3) is 0 Å². The molecular weight excluding hydrogens is 255 g/mol. The minimum Gasteiger partial charge on any atom is -0.383 e. The largest absolute Gasteiger partial charge is 0.383 e. The number of nitrogens with two attached hydrogens (primary N) is 1. The molecule has 0 heterocycles. The minimum atomic E-state index is -0.406. The highest BCUT2D eigenvalue weighted by Crippen LogP contribution is 2.24. The zero-order chi connectivity index (χ0) is 13.5. The van der Waals surface area contributed by atoms with Crippen molar-refractivity contribution in [3.8, 4) is 0 Å². The molecule has 2 N–H and O–H groups in total. The number of halogens is 2. The number of benzene rings is 1. The summed E-state index contributed by atoms with van der Waals surface area (Å²) in [6, 6.07) is 4.78. The molecule has 3 nitrogen and oxygen atoms in total. The zero-order valence-corrected chi connectivity index (χ0v) is 11.6. The molecule has 0 spiro atoms. The first-order valence-electron chi connectivity index (χ1n) is 6.02. The number of rotatable bonds is 7. The Labute approximate surface area is 113 Å². The Balaban J connectivity index is 2.88. The Bertz CT molecular complexity index is 376. The highest BCUT2D eigenvalue weighted by atomic mass is 35.5. The van der Waals surface area contributed by atoms with Gasteiger partial charge in [-0.15, -0.1) is 0 Å². The predicted octanol–water partition coefficient (Wildman–Crippen LogP) is 2.45. The molecule has 1 rings (SSSR count). The summed E-state index contributed by atoms with van der Waals surface area (Å²) in [7, 11) is 1.67. The molecule has 0 saturated heterocycles. The molecule has 0 aliphatic heterocycles. The quantitative estimate of drug-likeness (QED) is 0.830. The normalized spacial score (nSPS) is 13.0. The number of ether oxygens (including phenoxy) is 1. The van der Waals surface area contributed by atoms with Crippen LogP contribution in [0.4, 0.5) is 4.39 Å². The fraction of sp³-hybridized carbons (Fsp3) is 0.538. The van der Waals surface area contributed by atoms with E-state index < -0.39 is 5.82 Å². The third-order valence-corrected chi connectivity index (χ3v) is 3.27. The van der Waals surface area contributed by atoms with Crippen molar-refractivity contribution in [1.82, 2.24) is 4.90 Å². The Morgan fingerprint density at radius 2 is 2.22 bits per heavy atom. The highest BCUT2D eigenvalue weighted by Gasteiger charge is 2.18. The van der Waals surface area contributed by atoms with E-state index >= 15 is 0 Å². The van der Waals surface area contributed by atoms with Crippen molar-refractivity contribution >= 4 is 11.6 Å². The number of nitrogens with zero attached hydrogens (tertiary/aromatic N) is 1. The molecule has 0 aliphatic rings. The molecular formula is C13H20ClFN2O. The van der Waals surface area contributed by atoms with Crippen molar-refractivity contribution in [3.63, 3.8) is 0 Å². The Morgan fingerprint density at radius 1 is 1.50 bits per heavy atom. The van der Waals surface area contributed by atoms with Crippen molar-refractivity contribution in [2.75, 3.05) is 33.4 Å². The number of likely N-dealkylation sites (N-methyl/N-ethyl adjacent to an activating group) is 1. The second-order valence-electron chi connectivity index (χ2n) is 4.05. The SMILES string of the molecule is CCN(CCOC)C(CN)c1ccc(F)c(Cl)c1. The Morgan fingerprint density at radius 3 is 2.72 bits per heavy atom. The second-order valence-corrected chi connectivity index (χ2v) is 4.45. The van der Waals surface area contributed by atoms with E-state index in [1.54, 1.807) is 19.2 Å². The van der Waals surface area contributed by atoms with E-state index in [-0.39, 0.29) is 11.1 Å². The van der Waals surface area contributed by atoms with Gasteiger partial charge in [0.1, 0.15) is 5.82 Å². The molecule has 0 bridgehead atoms. The second kappa shape index (κ2) is 7.69. The zero-order valence-electron chi connectivity index (χ0n) is 10.8. The van der Waals surface area contributed by atoms with Gasteiger partial charge in [0.2, 0.25) is 0 Å². The fourth-order valence-corrected chi connectivity index (χ4v) is 2.15. The van der Waals surface area contributed by atoms with Crippen molar-refractivity contribution in [2.24, 2.45) is 5.73 Å². The molecule has 0 aliphatic carbocycles. The lowest BCUT2D eigenvalue weighted by Crippen LogP contribution is -2.36. The van der Waals surface area contributed by atoms with Gasteiger partial charge in [-0.3, -0.25) is 4.90 Å². The van der Waals surface area contributed by atoms with Gasteiger partial charge in [-0.2, -0.15) is 0 Å². The molecule has 0 amide bonds. The van der Waals surface area contributed by atoms with E-state index in [0.717, 1.165) is 18.7 Å². The lowest BCUT2D eigenvalue weighted by molar-refractivity contribution is 0.125. The van der Waals surface area contributed by atoms with Crippen LogP contribution in [0.2, 0.25) is 5.02 Å². The molecule has 1 aromatic rings. The summed E-state index contributed by atoms with van der Waals surface area (Å²) < 4.78 is 18.2. The monoisotopic (exact) mass is 274 g/mol. The maximum Gasteiger partial charge on any atom is 0.141 e. The van der Waals surface area contributed by atoms with Gasteiger partial charge in [-0.1, -0.05) is 24.6 Å². The average molecular weight is 275 g/mol. The third kappa shape index (κ3) is 3.92. The lowest BCUT2D eigenvalue weighted by atomic mass is 10.1. The van der Waals surface area contributed by atoms with Crippen molar-refractivity contribution < 1.29 is 9.13 Å². The highest BCUT2D eigenvalue weighted by molar-refractivity contribution is 6.30. The van der Waals surface area contributed by atoms with Gasteiger partial charge in [-0.05, 0) is 24.2 Å². The Hall–Kier alpha value is -0.680. The summed E-state index contributed by atoms with van der Waals surface area (Å²) in [5, 5.41) is 0.133. The summed E-state index contributed by atoms with van der Waals surface area (Å²) in [4.78, 5) is 2.19. The third-order valence-electron chi connectivity index (χ3n) is 2.98. The topological polar surface area (TPSA) is 38.5 Å². The molecule has 5 heteroatoms. The Kier molecular flexibility index (Phi) is 6.57. The summed E-state index contributed by atoms with van der Waals surface area (Å²) in [6.07, 6.45) is 0. The summed E-state index contributed by atoms with van der Waals surface area (Å²) >= 11 is 5.81. The first kappa shape index (κ1) is 15.4. The van der Waals surface area contributed by atoms with Gasteiger partial charge >= 0.3 is 0 Å². The van der Waals surface area contributed by atoms with E-state index in [0.29, 0.717) is 13.2 Å². The van der Waals surface area contributed by atoms with Crippen molar-refractivity contribution in [3.05, 3.63) is 34.6 Å². The summed E-state index contributed by atoms with van der Waals surface area (Å²) in [6.45, 7) is 4.78. The van der Waals surface area contributed by atoms with E-state index in [1.807, 2.05) is 0 Å². The standard InChI is InChI=1S/C13H20ClFN2O/c1-3-17(6-7-18-2)13(9-16)10-4-5-12(15)11(14)8-10/h4-5,8,13H,3,6-7,9,16H2,1-2H3. The molecule has 0 radical (unpaired) electrons. The van der Waals surface area contributed by atoms with Gasteiger partial charge in [0.05, 0.1) is 11.6 Å². The van der Waals surface area contributed by atoms with E-state index in [2.05, 4.69) is 11.8 Å². The molecule has 1 aromatic carbocycles. The molecule has 1 unspecified atom stereocenters. The van der Waals surface area contributed by atoms with Crippen molar-refractivity contribution in [1.29, 1.82) is 0 Å². The fourth-order valence-electron chi connectivity index (χ4n) is 1.96. The number of hydrogen-bond donors (Lipinski definition) is 1. The number of hydrogen-bond acceptors (Lipinski definition) is 3. The van der Waals surface area contributed by atoms with Gasteiger partial charge in [0.15, 0.2) is 0 Å². The van der Waals surface area contributed by atoms with Crippen LogP contribution in [0, 0.1) is 5.82 Å². The molecule has 1 atom stereocenters. The maximum absolute atomic E-state index is 13.2. The molecule has 0 aromatic heterocycles. The summed E-state index contributed by atoms with van der Waals surface area (Å²) in [5.41, 5.74) is 6.75. The number of methoxy groups -OCH3 is 1. The van der Waals surface area contributed by atoms with Crippen LogP contribution in [0.3, 0.4) is 0 Å². The smallest absolute Gasteiger partial charge is 0.141 e. The first-order chi connectivity index (χ1) is 8.63. The summed E-state index contributed by atoms with van der Waals surface area (Å²) in [5.74, 6) is -0.406. The van der Waals surface area contributed by atoms with Crippen LogP contribution >= 0.6 is 11.6 Å². The molecule has 102 valence electrons. The minimum absolute atomic E-state index is 0.0308. The van der Waals surface area contributed by atoms with Gasteiger partial charge in [-0.25, -0.2) is 4.39 Å². The van der Waals surface area contributed by atoms with Crippen LogP contribution in [0.25, 0.3) is 0 Å². The molecule has 0 saturated carbocycles. The van der Waals surface area contributed by atoms with Crippen LogP contribution in [0.15, 0.2) is 18.2 Å². The van der Waals surface area contributed by atoms with Crippen LogP contribution in [-0.4, -0.2) is 38.3 Å². The average Bonchev–Trinajstić information content (AvgIpc) is 2.38. The van der Waals surface area contributed by atoms with Crippen LogP contribution in [0.5, 0.6) is 0 Å². The molecule has 0 fully saturated rings. The predicted molar refractivity (Wildman–Crippen MR) is 72.3 cm³/mol. The van der Waals surface area contributed by atoms with Gasteiger partial charge in [0, 0.05) is 26.2 Å².